The van der Waals surface area contributed by atoms with E-state index in [-0.39, 0.29) is 21.0 Å². The maximum absolute atomic E-state index is 12.4. The minimum absolute atomic E-state index is 0.0117. The van der Waals surface area contributed by atoms with Crippen LogP contribution in [0.4, 0.5) is 0 Å². The van der Waals surface area contributed by atoms with Crippen molar-refractivity contribution in [2.75, 3.05) is 6.26 Å². The molecule has 11 heteroatoms. The average molecular weight is 475 g/mol. The Balaban J connectivity index is 1.49. The first-order valence-corrected chi connectivity index (χ1v) is 12.0. The van der Waals surface area contributed by atoms with E-state index >= 15 is 0 Å². The molecule has 2 aromatic rings. The van der Waals surface area contributed by atoms with Crippen molar-refractivity contribution < 1.29 is 17.9 Å². The molecule has 2 aromatic carbocycles. The topological polar surface area (TPSA) is 112 Å². The molecule has 0 aromatic heterocycles. The quantitative estimate of drug-likeness (QED) is 0.678. The number of nitrogens with one attached hydrogen (secondary N) is 1. The number of nitrogens with zero attached hydrogens (tertiary/aromatic N) is 3. The monoisotopic (exact) mass is 474 g/mol. The Morgan fingerprint density at radius 3 is 2.48 bits per heavy atom. The normalized spacial score (nSPS) is 17.5. The Morgan fingerprint density at radius 1 is 1.16 bits per heavy atom. The molecule has 0 aliphatic carbocycles. The Labute approximate surface area is 187 Å². The summed E-state index contributed by atoms with van der Waals surface area (Å²) in [5, 5.41) is 13.9. The SMILES string of the molecule is CS(=O)(=O)C1=NN2C(=N)/C(=C\c3ccc(OCc4ccc(Cl)cc4)cc3)C(=O)N=C2S1. The minimum atomic E-state index is -3.57. The standard InChI is InChI=1S/C20H15ClN4O4S2/c1-31(27,28)20-24-25-17(22)16(18(26)23-19(25)30-20)10-12-4-8-15(9-5-12)29-11-13-2-6-14(21)7-3-13/h2-10,22H,11H2,1H3/b16-10+,22-17?. The second-order valence-electron chi connectivity index (χ2n) is 6.64. The van der Waals surface area contributed by atoms with E-state index in [1.807, 2.05) is 12.1 Å². The zero-order chi connectivity index (χ0) is 22.2. The number of ether oxygens (including phenoxy) is 1. The molecule has 1 amide bonds. The smallest absolute Gasteiger partial charge is 0.283 e. The van der Waals surface area contributed by atoms with Crippen LogP contribution in [0.2, 0.25) is 5.02 Å². The minimum Gasteiger partial charge on any atom is -0.489 e. The molecule has 0 fully saturated rings. The molecule has 4 rings (SSSR count). The molecule has 8 nitrogen and oxygen atoms in total. The highest BCUT2D eigenvalue weighted by Gasteiger charge is 2.38. The van der Waals surface area contributed by atoms with E-state index in [0.717, 1.165) is 28.6 Å². The maximum Gasteiger partial charge on any atom is 0.283 e. The van der Waals surface area contributed by atoms with Crippen molar-refractivity contribution in [1.29, 1.82) is 5.41 Å². The molecule has 2 heterocycles. The number of carbonyl (C=O) groups is 1. The lowest BCUT2D eigenvalue weighted by molar-refractivity contribution is -0.114. The summed E-state index contributed by atoms with van der Waals surface area (Å²) in [7, 11) is -3.57. The molecular formula is C20H15ClN4O4S2. The Bertz CT molecular complexity index is 1270. The van der Waals surface area contributed by atoms with Crippen LogP contribution in [-0.2, 0) is 21.2 Å². The van der Waals surface area contributed by atoms with Crippen LogP contribution >= 0.6 is 23.4 Å². The Morgan fingerprint density at radius 2 is 1.84 bits per heavy atom. The van der Waals surface area contributed by atoms with Gasteiger partial charge in [0.05, 0.1) is 5.57 Å². The molecule has 0 bridgehead atoms. The van der Waals surface area contributed by atoms with Crippen LogP contribution < -0.4 is 4.74 Å². The van der Waals surface area contributed by atoms with E-state index in [1.54, 1.807) is 36.4 Å². The molecule has 2 aliphatic rings. The van der Waals surface area contributed by atoms with Crippen molar-refractivity contribution >= 4 is 60.6 Å². The molecule has 0 radical (unpaired) electrons. The molecular weight excluding hydrogens is 460 g/mol. The predicted octanol–water partition coefficient (Wildman–Crippen LogP) is 3.54. The van der Waals surface area contributed by atoms with Crippen molar-refractivity contribution in [3.63, 3.8) is 0 Å². The van der Waals surface area contributed by atoms with Gasteiger partial charge in [-0.3, -0.25) is 10.2 Å². The highest BCUT2D eigenvalue weighted by atomic mass is 35.5. The average Bonchev–Trinajstić information content (AvgIpc) is 3.16. The third-order valence-electron chi connectivity index (χ3n) is 4.26. The summed E-state index contributed by atoms with van der Waals surface area (Å²) in [6.45, 7) is 0.380. The Kier molecular flexibility index (Phi) is 5.69. The molecule has 0 unspecified atom stereocenters. The van der Waals surface area contributed by atoms with Gasteiger partial charge in [0.2, 0.25) is 19.4 Å². The van der Waals surface area contributed by atoms with Gasteiger partial charge in [-0.05, 0) is 53.2 Å². The van der Waals surface area contributed by atoms with Gasteiger partial charge in [0.1, 0.15) is 12.4 Å². The van der Waals surface area contributed by atoms with Crippen LogP contribution in [0.1, 0.15) is 11.1 Å². The van der Waals surface area contributed by atoms with Gasteiger partial charge >= 0.3 is 0 Å². The van der Waals surface area contributed by atoms with Gasteiger partial charge in [0.15, 0.2) is 5.84 Å². The molecule has 158 valence electrons. The third kappa shape index (κ3) is 4.71. The van der Waals surface area contributed by atoms with E-state index in [4.69, 9.17) is 21.7 Å². The number of carbonyl (C=O) groups excluding carboxylic acids is 1. The van der Waals surface area contributed by atoms with Crippen LogP contribution in [0.15, 0.2) is 64.2 Å². The number of rotatable bonds is 4. The lowest BCUT2D eigenvalue weighted by Crippen LogP contribution is -2.35. The molecule has 0 spiro atoms. The van der Waals surface area contributed by atoms with Crippen molar-refractivity contribution in [2.45, 2.75) is 6.61 Å². The van der Waals surface area contributed by atoms with E-state index in [1.165, 1.54) is 6.08 Å². The molecule has 0 atom stereocenters. The van der Waals surface area contributed by atoms with Crippen LogP contribution in [0.25, 0.3) is 6.08 Å². The number of thioether (sulfide) groups is 1. The highest BCUT2D eigenvalue weighted by molar-refractivity contribution is 8.42. The number of hydrazone groups is 1. The molecule has 31 heavy (non-hydrogen) atoms. The third-order valence-corrected chi connectivity index (χ3v) is 7.09. The second-order valence-corrected chi connectivity index (χ2v) is 10.2. The zero-order valence-corrected chi connectivity index (χ0v) is 18.5. The molecule has 2 aliphatic heterocycles. The lowest BCUT2D eigenvalue weighted by atomic mass is 10.1. The highest BCUT2D eigenvalue weighted by Crippen LogP contribution is 2.30. The summed E-state index contributed by atoms with van der Waals surface area (Å²) < 4.78 is 29.0. The van der Waals surface area contributed by atoms with Crippen molar-refractivity contribution in [3.8, 4) is 5.75 Å². The van der Waals surface area contributed by atoms with Crippen LogP contribution in [-0.4, -0.2) is 41.0 Å². The van der Waals surface area contributed by atoms with Crippen molar-refractivity contribution in [1.82, 2.24) is 5.01 Å². The summed E-state index contributed by atoms with van der Waals surface area (Å²) in [6, 6.07) is 14.3. The van der Waals surface area contributed by atoms with Crippen molar-refractivity contribution in [3.05, 3.63) is 70.3 Å². The van der Waals surface area contributed by atoms with Gasteiger partial charge in [0.25, 0.3) is 5.91 Å². The molecule has 0 saturated heterocycles. The Hall–Kier alpha value is -2.95. The van der Waals surface area contributed by atoms with Gasteiger partial charge in [-0.25, -0.2) is 8.42 Å². The largest absolute Gasteiger partial charge is 0.489 e. The number of sulfone groups is 1. The van der Waals surface area contributed by atoms with Crippen molar-refractivity contribution in [2.24, 2.45) is 10.1 Å². The van der Waals surface area contributed by atoms with Gasteiger partial charge < -0.3 is 4.74 Å². The number of fused-ring (bicyclic) bond motifs is 1. The van der Waals surface area contributed by atoms with E-state index in [9.17, 15) is 13.2 Å². The van der Waals surface area contributed by atoms with Crippen LogP contribution in [0, 0.1) is 5.41 Å². The number of halogens is 1. The number of benzene rings is 2. The van der Waals surface area contributed by atoms with E-state index in [0.29, 0.717) is 22.9 Å². The van der Waals surface area contributed by atoms with Gasteiger partial charge in [-0.1, -0.05) is 35.9 Å². The molecule has 1 N–H and O–H groups in total. The van der Waals surface area contributed by atoms with E-state index in [2.05, 4.69) is 10.1 Å². The first-order valence-electron chi connectivity index (χ1n) is 8.88. The summed E-state index contributed by atoms with van der Waals surface area (Å²) in [5.74, 6) is -0.221. The number of aliphatic imine (C=N–C) groups is 1. The first kappa shape index (κ1) is 21.3. The second kappa shape index (κ2) is 8.29. The lowest BCUT2D eigenvalue weighted by Gasteiger charge is -2.20. The maximum atomic E-state index is 12.4. The van der Waals surface area contributed by atoms with Gasteiger partial charge in [-0.15, -0.1) is 5.10 Å². The summed E-state index contributed by atoms with van der Waals surface area (Å²) >= 11 is 6.62. The fourth-order valence-electron chi connectivity index (χ4n) is 2.70. The number of amidine groups is 2. The fraction of sp³-hybridized carbons (Fsp3) is 0.100. The number of amides is 1. The summed E-state index contributed by atoms with van der Waals surface area (Å²) in [5.41, 5.74) is 1.64. The summed E-state index contributed by atoms with van der Waals surface area (Å²) in [6.07, 6.45) is 2.52. The number of hydrogen-bond acceptors (Lipinski definition) is 7. The molecule has 0 saturated carbocycles. The predicted molar refractivity (Wildman–Crippen MR) is 122 cm³/mol. The fourth-order valence-corrected chi connectivity index (χ4v) is 4.51. The zero-order valence-electron chi connectivity index (χ0n) is 16.1. The van der Waals surface area contributed by atoms with Crippen LogP contribution in [0.3, 0.4) is 0 Å². The van der Waals surface area contributed by atoms with Crippen LogP contribution in [0.5, 0.6) is 5.75 Å². The van der Waals surface area contributed by atoms with E-state index < -0.39 is 15.7 Å². The summed E-state index contributed by atoms with van der Waals surface area (Å²) in [4.78, 5) is 16.3. The van der Waals surface area contributed by atoms with Gasteiger partial charge in [-0.2, -0.15) is 10.0 Å². The number of hydrogen-bond donors (Lipinski definition) is 1. The first-order chi connectivity index (χ1) is 14.7. The van der Waals surface area contributed by atoms with Gasteiger partial charge in [0, 0.05) is 11.3 Å².